The first kappa shape index (κ1) is 13.3. The molecule has 0 bridgehead atoms. The van der Waals surface area contributed by atoms with Gasteiger partial charge in [-0.1, -0.05) is 42.5 Å². The molecule has 0 spiro atoms. The maximum atomic E-state index is 12.2. The molecule has 2 N–H and O–H groups in total. The second-order valence-corrected chi connectivity index (χ2v) is 4.49. The molecule has 0 aliphatic rings. The average Bonchev–Trinajstić information content (AvgIpc) is 2.47. The zero-order valence-electron chi connectivity index (χ0n) is 11.0. The molecule has 0 saturated heterocycles. The minimum atomic E-state index is 0.0756. The lowest BCUT2D eigenvalue weighted by Crippen LogP contribution is -2.27. The van der Waals surface area contributed by atoms with Gasteiger partial charge in [0.05, 0.1) is 6.42 Å². The molecule has 1 amide bonds. The number of anilines is 1. The number of amides is 1. The molecular weight excluding hydrogens is 236 g/mol. The van der Waals surface area contributed by atoms with E-state index in [-0.39, 0.29) is 5.91 Å². The number of hydrogen-bond donors (Lipinski definition) is 1. The Morgan fingerprint density at radius 3 is 2.21 bits per heavy atom. The minimum Gasteiger partial charge on any atom is -0.326 e. The van der Waals surface area contributed by atoms with Gasteiger partial charge in [-0.05, 0) is 23.3 Å². The van der Waals surface area contributed by atoms with Gasteiger partial charge in [0.1, 0.15) is 0 Å². The van der Waals surface area contributed by atoms with E-state index in [9.17, 15) is 4.79 Å². The molecular formula is C16H18N2O. The summed E-state index contributed by atoms with van der Waals surface area (Å²) >= 11 is 0. The van der Waals surface area contributed by atoms with Crippen LogP contribution in [0.1, 0.15) is 11.1 Å². The lowest BCUT2D eigenvalue weighted by atomic mass is 10.1. The fraction of sp³-hybridized carbons (Fsp3) is 0.188. The van der Waals surface area contributed by atoms with Crippen molar-refractivity contribution >= 4 is 11.6 Å². The molecule has 2 rings (SSSR count). The van der Waals surface area contributed by atoms with Gasteiger partial charge in [0, 0.05) is 19.3 Å². The van der Waals surface area contributed by atoms with Crippen molar-refractivity contribution in [3.63, 3.8) is 0 Å². The summed E-state index contributed by atoms with van der Waals surface area (Å²) in [5.41, 5.74) is 8.53. The fourth-order valence-electron chi connectivity index (χ4n) is 1.89. The number of nitrogens with zero attached hydrogens (tertiary/aromatic N) is 1. The van der Waals surface area contributed by atoms with E-state index in [1.165, 1.54) is 0 Å². The first-order chi connectivity index (χ1) is 9.20. The number of benzene rings is 2. The number of hydrogen-bond acceptors (Lipinski definition) is 2. The lowest BCUT2D eigenvalue weighted by molar-refractivity contribution is -0.117. The van der Waals surface area contributed by atoms with Gasteiger partial charge < -0.3 is 10.6 Å². The van der Waals surface area contributed by atoms with Crippen LogP contribution in [0.25, 0.3) is 0 Å². The first-order valence-corrected chi connectivity index (χ1v) is 6.30. The van der Waals surface area contributed by atoms with E-state index in [4.69, 9.17) is 5.73 Å². The van der Waals surface area contributed by atoms with Crippen LogP contribution in [-0.4, -0.2) is 13.0 Å². The summed E-state index contributed by atoms with van der Waals surface area (Å²) in [6, 6.07) is 17.5. The van der Waals surface area contributed by atoms with Crippen molar-refractivity contribution in [1.29, 1.82) is 0 Å². The standard InChI is InChI=1S/C16H18N2O/c1-18(15-9-7-14(12-17)8-10-15)16(19)11-13-5-3-2-4-6-13/h2-10H,11-12,17H2,1H3. The highest BCUT2D eigenvalue weighted by Crippen LogP contribution is 2.15. The van der Waals surface area contributed by atoms with Gasteiger partial charge in [0.15, 0.2) is 0 Å². The topological polar surface area (TPSA) is 46.3 Å². The Morgan fingerprint density at radius 1 is 1.00 bits per heavy atom. The molecule has 0 aliphatic heterocycles. The van der Waals surface area contributed by atoms with E-state index in [1.54, 1.807) is 11.9 Å². The van der Waals surface area contributed by atoms with Crippen molar-refractivity contribution in [3.8, 4) is 0 Å². The number of carbonyl (C=O) groups is 1. The molecule has 19 heavy (non-hydrogen) atoms. The fourth-order valence-corrected chi connectivity index (χ4v) is 1.89. The van der Waals surface area contributed by atoms with Gasteiger partial charge in [0.25, 0.3) is 0 Å². The molecule has 0 atom stereocenters. The van der Waals surface area contributed by atoms with E-state index < -0.39 is 0 Å². The maximum Gasteiger partial charge on any atom is 0.231 e. The Bertz CT molecular complexity index is 534. The third-order valence-electron chi connectivity index (χ3n) is 3.13. The van der Waals surface area contributed by atoms with Crippen LogP contribution in [-0.2, 0) is 17.8 Å². The van der Waals surface area contributed by atoms with Crippen molar-refractivity contribution in [2.24, 2.45) is 5.73 Å². The van der Waals surface area contributed by atoms with Gasteiger partial charge in [-0.15, -0.1) is 0 Å². The number of likely N-dealkylation sites (N-methyl/N-ethyl adjacent to an activating group) is 1. The SMILES string of the molecule is CN(C(=O)Cc1ccccc1)c1ccc(CN)cc1. The van der Waals surface area contributed by atoms with Crippen LogP contribution in [0.2, 0.25) is 0 Å². The molecule has 0 aliphatic carbocycles. The zero-order valence-corrected chi connectivity index (χ0v) is 11.0. The summed E-state index contributed by atoms with van der Waals surface area (Å²) in [6.45, 7) is 0.516. The molecule has 2 aromatic rings. The van der Waals surface area contributed by atoms with Gasteiger partial charge in [0.2, 0.25) is 5.91 Å². The molecule has 3 heteroatoms. The zero-order chi connectivity index (χ0) is 13.7. The third kappa shape index (κ3) is 3.42. The van der Waals surface area contributed by atoms with Crippen LogP contribution in [0, 0.1) is 0 Å². The smallest absolute Gasteiger partial charge is 0.231 e. The van der Waals surface area contributed by atoms with Crippen LogP contribution >= 0.6 is 0 Å². The van der Waals surface area contributed by atoms with Crippen molar-refractivity contribution < 1.29 is 4.79 Å². The van der Waals surface area contributed by atoms with Crippen LogP contribution in [0.4, 0.5) is 5.69 Å². The van der Waals surface area contributed by atoms with E-state index in [0.717, 1.165) is 16.8 Å². The van der Waals surface area contributed by atoms with Gasteiger partial charge in [-0.25, -0.2) is 0 Å². The summed E-state index contributed by atoms with van der Waals surface area (Å²) in [5.74, 6) is 0.0756. The highest BCUT2D eigenvalue weighted by atomic mass is 16.2. The Hall–Kier alpha value is -2.13. The molecule has 2 aromatic carbocycles. The van der Waals surface area contributed by atoms with Crippen LogP contribution in [0.15, 0.2) is 54.6 Å². The predicted octanol–water partition coefficient (Wildman–Crippen LogP) is 2.35. The van der Waals surface area contributed by atoms with Crippen molar-refractivity contribution in [2.45, 2.75) is 13.0 Å². The Balaban J connectivity index is 2.06. The largest absolute Gasteiger partial charge is 0.326 e. The molecule has 0 aromatic heterocycles. The van der Waals surface area contributed by atoms with Crippen LogP contribution in [0.3, 0.4) is 0 Å². The Kier molecular flexibility index (Phi) is 4.31. The van der Waals surface area contributed by atoms with Gasteiger partial charge >= 0.3 is 0 Å². The summed E-state index contributed by atoms with van der Waals surface area (Å²) < 4.78 is 0. The lowest BCUT2D eigenvalue weighted by Gasteiger charge is -2.17. The van der Waals surface area contributed by atoms with Crippen LogP contribution < -0.4 is 10.6 Å². The van der Waals surface area contributed by atoms with E-state index in [1.807, 2.05) is 54.6 Å². The number of nitrogens with two attached hydrogens (primary N) is 1. The van der Waals surface area contributed by atoms with E-state index in [0.29, 0.717) is 13.0 Å². The first-order valence-electron chi connectivity index (χ1n) is 6.30. The molecule has 0 saturated carbocycles. The summed E-state index contributed by atoms with van der Waals surface area (Å²) in [5, 5.41) is 0. The van der Waals surface area contributed by atoms with Gasteiger partial charge in [-0.2, -0.15) is 0 Å². The molecule has 3 nitrogen and oxygen atoms in total. The molecule has 0 unspecified atom stereocenters. The third-order valence-corrected chi connectivity index (χ3v) is 3.13. The summed E-state index contributed by atoms with van der Waals surface area (Å²) in [7, 11) is 1.79. The maximum absolute atomic E-state index is 12.2. The number of rotatable bonds is 4. The van der Waals surface area contributed by atoms with Crippen molar-refractivity contribution in [1.82, 2.24) is 0 Å². The molecule has 0 radical (unpaired) electrons. The Labute approximate surface area is 113 Å². The van der Waals surface area contributed by atoms with Crippen LogP contribution in [0.5, 0.6) is 0 Å². The Morgan fingerprint density at radius 2 is 1.63 bits per heavy atom. The van der Waals surface area contributed by atoms with E-state index >= 15 is 0 Å². The molecule has 0 fully saturated rings. The minimum absolute atomic E-state index is 0.0756. The quantitative estimate of drug-likeness (QED) is 0.910. The summed E-state index contributed by atoms with van der Waals surface area (Å²) in [6.07, 6.45) is 0.413. The predicted molar refractivity (Wildman–Crippen MR) is 77.9 cm³/mol. The monoisotopic (exact) mass is 254 g/mol. The van der Waals surface area contributed by atoms with Crippen molar-refractivity contribution in [3.05, 3.63) is 65.7 Å². The number of carbonyl (C=O) groups excluding carboxylic acids is 1. The normalized spacial score (nSPS) is 10.2. The average molecular weight is 254 g/mol. The summed E-state index contributed by atoms with van der Waals surface area (Å²) in [4.78, 5) is 13.8. The highest BCUT2D eigenvalue weighted by molar-refractivity contribution is 5.94. The second kappa shape index (κ2) is 6.16. The highest BCUT2D eigenvalue weighted by Gasteiger charge is 2.11. The van der Waals surface area contributed by atoms with E-state index in [2.05, 4.69) is 0 Å². The van der Waals surface area contributed by atoms with Gasteiger partial charge in [-0.3, -0.25) is 4.79 Å². The molecule has 0 heterocycles. The second-order valence-electron chi connectivity index (χ2n) is 4.49. The molecule has 98 valence electrons. The van der Waals surface area contributed by atoms with Crippen molar-refractivity contribution in [2.75, 3.05) is 11.9 Å².